The molecule has 2 rings (SSSR count). The third-order valence-electron chi connectivity index (χ3n) is 4.47. The van der Waals surface area contributed by atoms with Crippen molar-refractivity contribution >= 4 is 17.7 Å². The Labute approximate surface area is 115 Å². The number of nitrogens with zero attached hydrogens (tertiary/aromatic N) is 1. The van der Waals surface area contributed by atoms with Crippen LogP contribution in [0, 0.1) is 11.3 Å². The summed E-state index contributed by atoms with van der Waals surface area (Å²) in [5, 5.41) is 0. The summed E-state index contributed by atoms with van der Waals surface area (Å²) < 4.78 is 0. The molecule has 1 atom stereocenters. The number of carbonyl (C=O) groups is 1. The Balaban J connectivity index is 1.85. The number of thioether (sulfide) groups is 1. The molecule has 3 nitrogen and oxygen atoms in total. The third-order valence-corrected chi connectivity index (χ3v) is 5.52. The molecule has 2 aliphatic rings. The first-order chi connectivity index (χ1) is 8.49. The van der Waals surface area contributed by atoms with E-state index in [1.807, 2.05) is 16.7 Å². The van der Waals surface area contributed by atoms with Crippen LogP contribution in [-0.2, 0) is 4.79 Å². The van der Waals surface area contributed by atoms with Crippen molar-refractivity contribution in [2.75, 3.05) is 24.6 Å². The molecule has 0 radical (unpaired) electrons. The van der Waals surface area contributed by atoms with Gasteiger partial charge in [0.2, 0.25) is 5.91 Å². The van der Waals surface area contributed by atoms with Crippen LogP contribution in [0.1, 0.15) is 39.5 Å². The number of amides is 1. The summed E-state index contributed by atoms with van der Waals surface area (Å²) >= 11 is 2.02. The van der Waals surface area contributed by atoms with Gasteiger partial charge in [0.05, 0.1) is 0 Å². The van der Waals surface area contributed by atoms with E-state index in [0.717, 1.165) is 25.9 Å². The predicted molar refractivity (Wildman–Crippen MR) is 77.6 cm³/mol. The molecule has 0 aliphatic carbocycles. The fraction of sp³-hybridized carbons (Fsp3) is 0.929. The van der Waals surface area contributed by atoms with Gasteiger partial charge in [-0.15, -0.1) is 0 Å². The van der Waals surface area contributed by atoms with Crippen LogP contribution in [-0.4, -0.2) is 41.4 Å². The van der Waals surface area contributed by atoms with Gasteiger partial charge in [0, 0.05) is 25.6 Å². The van der Waals surface area contributed by atoms with Crippen LogP contribution in [0.15, 0.2) is 0 Å². The Morgan fingerprint density at radius 3 is 2.61 bits per heavy atom. The summed E-state index contributed by atoms with van der Waals surface area (Å²) in [6, 6.07) is 0.229. The van der Waals surface area contributed by atoms with E-state index >= 15 is 0 Å². The Bertz CT molecular complexity index is 300. The van der Waals surface area contributed by atoms with E-state index in [2.05, 4.69) is 13.8 Å². The summed E-state index contributed by atoms with van der Waals surface area (Å²) in [5.41, 5.74) is 6.18. The molecule has 0 aromatic carbocycles. The summed E-state index contributed by atoms with van der Waals surface area (Å²) in [4.78, 5) is 14.4. The minimum atomic E-state index is 0.0658. The SMILES string of the molecule is CC1(C)CN(C(=O)CC2CCSCC2)CCC1N. The second kappa shape index (κ2) is 5.83. The highest BCUT2D eigenvalue weighted by Gasteiger charge is 2.35. The summed E-state index contributed by atoms with van der Waals surface area (Å²) in [5.74, 6) is 3.44. The van der Waals surface area contributed by atoms with Crippen molar-refractivity contribution in [3.05, 3.63) is 0 Å². The molecule has 1 unspecified atom stereocenters. The molecule has 2 heterocycles. The number of piperidine rings is 1. The lowest BCUT2D eigenvalue weighted by Crippen LogP contribution is -2.54. The Hall–Kier alpha value is -0.220. The van der Waals surface area contributed by atoms with Crippen LogP contribution in [0.25, 0.3) is 0 Å². The Kier molecular flexibility index (Phi) is 4.59. The monoisotopic (exact) mass is 270 g/mol. The van der Waals surface area contributed by atoms with Gasteiger partial charge < -0.3 is 10.6 Å². The first-order valence-corrected chi connectivity index (χ1v) is 8.25. The van der Waals surface area contributed by atoms with Crippen LogP contribution < -0.4 is 5.73 Å². The molecule has 2 saturated heterocycles. The molecule has 0 saturated carbocycles. The van der Waals surface area contributed by atoms with E-state index in [0.29, 0.717) is 11.8 Å². The average Bonchev–Trinajstić information content (AvgIpc) is 2.34. The zero-order chi connectivity index (χ0) is 13.2. The van der Waals surface area contributed by atoms with E-state index in [-0.39, 0.29) is 11.5 Å². The molecule has 0 bridgehead atoms. The fourth-order valence-corrected chi connectivity index (χ4v) is 4.12. The molecule has 18 heavy (non-hydrogen) atoms. The topological polar surface area (TPSA) is 46.3 Å². The maximum Gasteiger partial charge on any atom is 0.222 e. The van der Waals surface area contributed by atoms with Gasteiger partial charge in [-0.1, -0.05) is 13.8 Å². The zero-order valence-corrected chi connectivity index (χ0v) is 12.5. The number of rotatable bonds is 2. The minimum absolute atomic E-state index is 0.0658. The molecule has 0 aromatic heterocycles. The van der Waals surface area contributed by atoms with Crippen LogP contribution in [0.2, 0.25) is 0 Å². The molecule has 0 aromatic rings. The molecule has 1 amide bonds. The van der Waals surface area contributed by atoms with Gasteiger partial charge in [0.1, 0.15) is 0 Å². The average molecular weight is 270 g/mol. The quantitative estimate of drug-likeness (QED) is 0.836. The van der Waals surface area contributed by atoms with Gasteiger partial charge in [0.15, 0.2) is 0 Å². The van der Waals surface area contributed by atoms with Crippen LogP contribution in [0.4, 0.5) is 0 Å². The largest absolute Gasteiger partial charge is 0.342 e. The summed E-state index contributed by atoms with van der Waals surface area (Å²) in [7, 11) is 0. The molecule has 4 heteroatoms. The number of hydrogen-bond acceptors (Lipinski definition) is 3. The van der Waals surface area contributed by atoms with Crippen LogP contribution >= 0.6 is 11.8 Å². The smallest absolute Gasteiger partial charge is 0.222 e. The minimum Gasteiger partial charge on any atom is -0.342 e. The zero-order valence-electron chi connectivity index (χ0n) is 11.7. The van der Waals surface area contributed by atoms with Gasteiger partial charge in [-0.25, -0.2) is 0 Å². The van der Waals surface area contributed by atoms with E-state index < -0.39 is 0 Å². The van der Waals surface area contributed by atoms with Crippen molar-refractivity contribution in [3.8, 4) is 0 Å². The Morgan fingerprint density at radius 2 is 2.00 bits per heavy atom. The highest BCUT2D eigenvalue weighted by Crippen LogP contribution is 2.30. The molecule has 2 N–H and O–H groups in total. The summed E-state index contributed by atoms with van der Waals surface area (Å²) in [6.07, 6.45) is 4.13. The maximum atomic E-state index is 12.3. The maximum absolute atomic E-state index is 12.3. The summed E-state index contributed by atoms with van der Waals surface area (Å²) in [6.45, 7) is 6.03. The standard InChI is InChI=1S/C14H26N2OS/c1-14(2)10-16(6-3-12(14)15)13(17)9-11-4-7-18-8-5-11/h11-12H,3-10,15H2,1-2H3. The van der Waals surface area contributed by atoms with Crippen molar-refractivity contribution in [3.63, 3.8) is 0 Å². The highest BCUT2D eigenvalue weighted by atomic mass is 32.2. The predicted octanol–water partition coefficient (Wildman–Crippen LogP) is 2.11. The van der Waals surface area contributed by atoms with E-state index in [1.54, 1.807) is 0 Å². The molecule has 2 fully saturated rings. The second-order valence-electron chi connectivity index (χ2n) is 6.46. The lowest BCUT2D eigenvalue weighted by atomic mass is 9.79. The normalized spacial score (nSPS) is 29.3. The lowest BCUT2D eigenvalue weighted by molar-refractivity contribution is -0.135. The van der Waals surface area contributed by atoms with E-state index in [9.17, 15) is 4.79 Å². The molecule has 0 spiro atoms. The van der Waals surface area contributed by atoms with Gasteiger partial charge in [0.25, 0.3) is 0 Å². The van der Waals surface area contributed by atoms with Gasteiger partial charge >= 0.3 is 0 Å². The van der Waals surface area contributed by atoms with Gasteiger partial charge in [-0.2, -0.15) is 11.8 Å². The van der Waals surface area contributed by atoms with Crippen molar-refractivity contribution in [2.45, 2.75) is 45.6 Å². The fourth-order valence-electron chi connectivity index (χ4n) is 2.91. The molecule has 2 aliphatic heterocycles. The first kappa shape index (κ1) is 14.2. The lowest BCUT2D eigenvalue weighted by Gasteiger charge is -2.43. The van der Waals surface area contributed by atoms with Crippen LogP contribution in [0.3, 0.4) is 0 Å². The second-order valence-corrected chi connectivity index (χ2v) is 7.68. The van der Waals surface area contributed by atoms with Crippen LogP contribution in [0.5, 0.6) is 0 Å². The van der Waals surface area contributed by atoms with E-state index in [4.69, 9.17) is 5.73 Å². The van der Waals surface area contributed by atoms with Crippen molar-refractivity contribution in [2.24, 2.45) is 17.1 Å². The molecule has 104 valence electrons. The molecular weight excluding hydrogens is 244 g/mol. The van der Waals surface area contributed by atoms with Gasteiger partial charge in [-0.3, -0.25) is 4.79 Å². The van der Waals surface area contributed by atoms with E-state index in [1.165, 1.54) is 24.3 Å². The third kappa shape index (κ3) is 3.41. The number of likely N-dealkylation sites (tertiary alicyclic amines) is 1. The molecular formula is C14H26N2OS. The number of nitrogens with two attached hydrogens (primary N) is 1. The number of carbonyl (C=O) groups excluding carboxylic acids is 1. The highest BCUT2D eigenvalue weighted by molar-refractivity contribution is 7.99. The first-order valence-electron chi connectivity index (χ1n) is 7.10. The van der Waals surface area contributed by atoms with Crippen molar-refractivity contribution in [1.29, 1.82) is 0 Å². The van der Waals surface area contributed by atoms with Gasteiger partial charge in [-0.05, 0) is 42.1 Å². The Morgan fingerprint density at radius 1 is 1.33 bits per heavy atom. The van der Waals surface area contributed by atoms with Crippen molar-refractivity contribution < 1.29 is 4.79 Å². The van der Waals surface area contributed by atoms with Crippen molar-refractivity contribution in [1.82, 2.24) is 4.90 Å². The number of hydrogen-bond donors (Lipinski definition) is 1.